The van der Waals surface area contributed by atoms with Gasteiger partial charge in [0.05, 0.1) is 37.2 Å². The second-order valence-corrected chi connectivity index (χ2v) is 11.8. The first-order valence-corrected chi connectivity index (χ1v) is 15.2. The van der Waals surface area contributed by atoms with Crippen LogP contribution in [0.3, 0.4) is 0 Å². The Morgan fingerprint density at radius 2 is 1.61 bits per heavy atom. The molecular weight excluding hydrogens is 558 g/mol. The van der Waals surface area contributed by atoms with E-state index in [1.807, 2.05) is 98.0 Å². The van der Waals surface area contributed by atoms with Crippen LogP contribution in [0.25, 0.3) is 10.8 Å². The molecule has 226 valence electrons. The number of hydrogen-bond acceptors (Lipinski definition) is 6. The summed E-state index contributed by atoms with van der Waals surface area (Å²) in [7, 11) is 0. The van der Waals surface area contributed by atoms with E-state index in [9.17, 15) is 19.5 Å². The van der Waals surface area contributed by atoms with E-state index in [4.69, 9.17) is 9.47 Å². The summed E-state index contributed by atoms with van der Waals surface area (Å²) in [6.45, 7) is 4.42. The SMILES string of the molecule is CCOc1ccc(N2CC=C[C@@H]3O[C@]45C=CCN(c6ccc7ccccc7c6)C(=O)C4N([C@H](C)CO)C(=O)[C@@H]5[C@@H]3C2=O)cc1. The highest BCUT2D eigenvalue weighted by molar-refractivity contribution is 6.08. The molecule has 2 saturated heterocycles. The quantitative estimate of drug-likeness (QED) is 0.438. The Bertz CT molecular complexity index is 1690. The molecule has 6 atom stereocenters. The van der Waals surface area contributed by atoms with Gasteiger partial charge >= 0.3 is 0 Å². The maximum atomic E-state index is 14.6. The molecule has 9 heteroatoms. The fraction of sp³-hybridized carbons (Fsp3) is 0.343. The Balaban J connectivity index is 1.29. The minimum absolute atomic E-state index is 0.242. The monoisotopic (exact) mass is 593 g/mol. The van der Waals surface area contributed by atoms with Gasteiger partial charge in [0.25, 0.3) is 5.91 Å². The summed E-state index contributed by atoms with van der Waals surface area (Å²) in [6.07, 6.45) is 6.72. The molecule has 0 aromatic heterocycles. The molecule has 4 aliphatic rings. The van der Waals surface area contributed by atoms with Crippen LogP contribution in [0.4, 0.5) is 11.4 Å². The topological polar surface area (TPSA) is 99.6 Å². The molecule has 0 bridgehead atoms. The average molecular weight is 594 g/mol. The van der Waals surface area contributed by atoms with Gasteiger partial charge in [-0.25, -0.2) is 0 Å². The smallest absolute Gasteiger partial charge is 0.253 e. The zero-order valence-electron chi connectivity index (χ0n) is 24.7. The van der Waals surface area contributed by atoms with E-state index in [0.29, 0.717) is 30.3 Å². The highest BCUT2D eigenvalue weighted by Gasteiger charge is 2.72. The minimum atomic E-state index is -1.37. The number of carbonyl (C=O) groups excluding carboxylic acids is 3. The first-order valence-electron chi connectivity index (χ1n) is 15.2. The lowest BCUT2D eigenvalue weighted by molar-refractivity contribution is -0.143. The predicted octanol–water partition coefficient (Wildman–Crippen LogP) is 3.71. The minimum Gasteiger partial charge on any atom is -0.494 e. The third kappa shape index (κ3) is 4.25. The van der Waals surface area contributed by atoms with Gasteiger partial charge in [0.15, 0.2) is 0 Å². The average Bonchev–Trinajstić information content (AvgIpc) is 3.36. The van der Waals surface area contributed by atoms with Crippen LogP contribution < -0.4 is 14.5 Å². The van der Waals surface area contributed by atoms with Crippen molar-refractivity contribution in [1.29, 1.82) is 0 Å². The molecule has 7 rings (SSSR count). The van der Waals surface area contributed by atoms with E-state index in [2.05, 4.69) is 0 Å². The van der Waals surface area contributed by atoms with Crippen molar-refractivity contribution in [2.24, 2.45) is 11.8 Å². The van der Waals surface area contributed by atoms with Crippen LogP contribution in [0, 0.1) is 11.8 Å². The number of aliphatic hydroxyl groups excluding tert-OH is 1. The lowest BCUT2D eigenvalue weighted by Crippen LogP contribution is -2.57. The number of ether oxygens (including phenoxy) is 2. The van der Waals surface area contributed by atoms with Crippen LogP contribution in [0.15, 0.2) is 91.0 Å². The lowest BCUT2D eigenvalue weighted by atomic mass is 9.77. The Morgan fingerprint density at radius 1 is 0.909 bits per heavy atom. The number of rotatable bonds is 6. The van der Waals surface area contributed by atoms with Crippen molar-refractivity contribution < 1.29 is 29.0 Å². The van der Waals surface area contributed by atoms with Crippen LogP contribution in [0.2, 0.25) is 0 Å². The van der Waals surface area contributed by atoms with Crippen LogP contribution in [-0.2, 0) is 19.1 Å². The first kappa shape index (κ1) is 28.3. The molecule has 1 unspecified atom stereocenters. The van der Waals surface area contributed by atoms with E-state index < -0.39 is 35.6 Å². The maximum Gasteiger partial charge on any atom is 0.253 e. The van der Waals surface area contributed by atoms with Crippen molar-refractivity contribution in [3.63, 3.8) is 0 Å². The molecule has 2 fully saturated rings. The van der Waals surface area contributed by atoms with Gasteiger partial charge in [-0.15, -0.1) is 0 Å². The molecule has 3 aromatic rings. The van der Waals surface area contributed by atoms with E-state index in [0.717, 1.165) is 10.8 Å². The van der Waals surface area contributed by atoms with Gasteiger partial charge in [-0.1, -0.05) is 54.6 Å². The summed E-state index contributed by atoms with van der Waals surface area (Å²) in [4.78, 5) is 48.2. The molecule has 0 saturated carbocycles. The normalized spacial score (nSPS) is 28.5. The number of nitrogens with zero attached hydrogens (tertiary/aromatic N) is 3. The van der Waals surface area contributed by atoms with Gasteiger partial charge < -0.3 is 29.3 Å². The van der Waals surface area contributed by atoms with Gasteiger partial charge in [-0.3, -0.25) is 14.4 Å². The third-order valence-corrected chi connectivity index (χ3v) is 9.34. The zero-order chi connectivity index (χ0) is 30.6. The van der Waals surface area contributed by atoms with Crippen molar-refractivity contribution >= 4 is 39.9 Å². The standard InChI is InChI=1S/C35H35N3O6/c1-3-43-27-15-13-25(14-16-27)36-18-6-10-28-29(32(36)40)30-33(41)38(22(2)21-39)31-34(42)37(19-7-17-35(30,31)44-28)26-12-11-23-8-4-5-9-24(23)20-26/h4-17,20,22,28-31,39H,3,18-19,21H2,1-2H3/t22-,28+,29-,30+,31?,35+/m1/s1. The van der Waals surface area contributed by atoms with E-state index >= 15 is 0 Å². The van der Waals surface area contributed by atoms with Gasteiger partial charge in [0.1, 0.15) is 17.4 Å². The number of fused-ring (bicyclic) bond motifs is 3. The number of amides is 3. The summed E-state index contributed by atoms with van der Waals surface area (Å²) in [5, 5.41) is 12.3. The Kier molecular flexibility index (Phi) is 7.02. The highest BCUT2D eigenvalue weighted by atomic mass is 16.5. The first-order chi connectivity index (χ1) is 21.4. The van der Waals surface area contributed by atoms with Crippen molar-refractivity contribution in [1.82, 2.24) is 4.90 Å². The van der Waals surface area contributed by atoms with Gasteiger partial charge in [0, 0.05) is 24.5 Å². The summed E-state index contributed by atoms with van der Waals surface area (Å²) < 4.78 is 12.3. The highest BCUT2D eigenvalue weighted by Crippen LogP contribution is 2.54. The summed E-state index contributed by atoms with van der Waals surface area (Å²) >= 11 is 0. The van der Waals surface area contributed by atoms with E-state index in [-0.39, 0.29) is 30.9 Å². The van der Waals surface area contributed by atoms with Crippen LogP contribution in [0.5, 0.6) is 5.75 Å². The Hall–Kier alpha value is -4.47. The van der Waals surface area contributed by atoms with E-state index in [1.165, 1.54) is 4.90 Å². The molecule has 0 aliphatic carbocycles. The molecule has 1 spiro atoms. The molecule has 9 nitrogen and oxygen atoms in total. The molecule has 4 aliphatic heterocycles. The van der Waals surface area contributed by atoms with Crippen molar-refractivity contribution in [3.05, 3.63) is 91.0 Å². The van der Waals surface area contributed by atoms with Gasteiger partial charge in [-0.05, 0) is 61.0 Å². The number of anilines is 2. The molecule has 0 radical (unpaired) electrons. The summed E-state index contributed by atoms with van der Waals surface area (Å²) in [6, 6.07) is 19.4. The predicted molar refractivity (Wildman–Crippen MR) is 166 cm³/mol. The number of aliphatic hydroxyl groups is 1. The van der Waals surface area contributed by atoms with Crippen molar-refractivity contribution in [2.75, 3.05) is 36.1 Å². The molecular formula is C35H35N3O6. The van der Waals surface area contributed by atoms with Crippen LogP contribution in [0.1, 0.15) is 13.8 Å². The maximum absolute atomic E-state index is 14.6. The molecule has 44 heavy (non-hydrogen) atoms. The largest absolute Gasteiger partial charge is 0.494 e. The molecule has 4 heterocycles. The second-order valence-electron chi connectivity index (χ2n) is 11.8. The fourth-order valence-electron chi connectivity index (χ4n) is 7.34. The zero-order valence-corrected chi connectivity index (χ0v) is 24.7. The molecule has 1 N–H and O–H groups in total. The Labute approximate surface area is 255 Å². The molecule has 3 aromatic carbocycles. The Morgan fingerprint density at radius 3 is 2.36 bits per heavy atom. The van der Waals surface area contributed by atoms with Crippen LogP contribution in [-0.4, -0.2) is 77.8 Å². The van der Waals surface area contributed by atoms with Gasteiger partial charge in [0.2, 0.25) is 11.8 Å². The third-order valence-electron chi connectivity index (χ3n) is 9.34. The van der Waals surface area contributed by atoms with Crippen molar-refractivity contribution in [2.45, 2.75) is 37.6 Å². The fourth-order valence-corrected chi connectivity index (χ4v) is 7.34. The molecule has 3 amide bonds. The lowest BCUT2D eigenvalue weighted by Gasteiger charge is -2.37. The van der Waals surface area contributed by atoms with Gasteiger partial charge in [-0.2, -0.15) is 0 Å². The number of hydrogen-bond donors (Lipinski definition) is 1. The van der Waals surface area contributed by atoms with E-state index in [1.54, 1.807) is 16.7 Å². The number of likely N-dealkylation sites (tertiary alicyclic amines) is 1. The number of benzene rings is 3. The van der Waals surface area contributed by atoms with Crippen molar-refractivity contribution in [3.8, 4) is 5.75 Å². The second kappa shape index (κ2) is 10.9. The summed E-state index contributed by atoms with van der Waals surface area (Å²) in [5.74, 6) is -2.00. The summed E-state index contributed by atoms with van der Waals surface area (Å²) in [5.41, 5.74) is 0.00962. The number of carbonyl (C=O) groups is 3. The van der Waals surface area contributed by atoms with Crippen LogP contribution >= 0.6 is 0 Å².